The SMILES string of the molecule is CNC(=O)[C@@H](NC(=O)[C@H](CC(C)C)[C@@H](C(=O)O)C1CCC1)C(C)(C)C. The molecule has 1 rings (SSSR count). The van der Waals surface area contributed by atoms with E-state index in [1.807, 2.05) is 34.6 Å². The van der Waals surface area contributed by atoms with E-state index in [9.17, 15) is 19.5 Å². The standard InChI is InChI=1S/C19H34N2O4/c1-11(2)10-13(14(18(24)25)12-8-7-9-12)16(22)21-15(17(23)20-6)19(3,4)5/h11-15H,7-10H2,1-6H3,(H,20,23)(H,21,22)(H,24,25)/t13-,14+,15-/m1/s1. The van der Waals surface area contributed by atoms with Gasteiger partial charge in [0.15, 0.2) is 0 Å². The Morgan fingerprint density at radius 1 is 1.12 bits per heavy atom. The Kier molecular flexibility index (Phi) is 7.44. The second-order valence-corrected chi connectivity index (χ2v) is 8.71. The summed E-state index contributed by atoms with van der Waals surface area (Å²) in [6, 6.07) is -0.699. The van der Waals surface area contributed by atoms with E-state index in [2.05, 4.69) is 10.6 Å². The van der Waals surface area contributed by atoms with Crippen molar-refractivity contribution in [3.63, 3.8) is 0 Å². The molecule has 0 unspecified atom stereocenters. The van der Waals surface area contributed by atoms with E-state index < -0.39 is 29.3 Å². The van der Waals surface area contributed by atoms with Crippen LogP contribution in [0.2, 0.25) is 0 Å². The summed E-state index contributed by atoms with van der Waals surface area (Å²) < 4.78 is 0. The lowest BCUT2D eigenvalue weighted by Gasteiger charge is -2.37. The smallest absolute Gasteiger partial charge is 0.307 e. The first kappa shape index (κ1) is 21.5. The van der Waals surface area contributed by atoms with E-state index in [1.54, 1.807) is 0 Å². The van der Waals surface area contributed by atoms with E-state index in [1.165, 1.54) is 7.05 Å². The third-order valence-electron chi connectivity index (χ3n) is 5.10. The van der Waals surface area contributed by atoms with Crippen molar-refractivity contribution >= 4 is 17.8 Å². The lowest BCUT2D eigenvalue weighted by Crippen LogP contribution is -2.55. The summed E-state index contributed by atoms with van der Waals surface area (Å²) in [7, 11) is 1.53. The zero-order valence-corrected chi connectivity index (χ0v) is 16.4. The highest BCUT2D eigenvalue weighted by atomic mass is 16.4. The van der Waals surface area contributed by atoms with Crippen LogP contribution in [-0.4, -0.2) is 36.0 Å². The zero-order chi connectivity index (χ0) is 19.4. The van der Waals surface area contributed by atoms with Crippen LogP contribution in [0.5, 0.6) is 0 Å². The van der Waals surface area contributed by atoms with Crippen LogP contribution >= 0.6 is 0 Å². The zero-order valence-electron chi connectivity index (χ0n) is 16.4. The molecule has 3 N–H and O–H groups in total. The Morgan fingerprint density at radius 2 is 1.68 bits per heavy atom. The average Bonchev–Trinajstić information content (AvgIpc) is 2.43. The molecule has 3 atom stereocenters. The van der Waals surface area contributed by atoms with Gasteiger partial charge in [-0.2, -0.15) is 0 Å². The van der Waals surface area contributed by atoms with E-state index >= 15 is 0 Å². The van der Waals surface area contributed by atoms with Gasteiger partial charge >= 0.3 is 5.97 Å². The Balaban J connectivity index is 3.05. The van der Waals surface area contributed by atoms with Crippen LogP contribution in [0.25, 0.3) is 0 Å². The van der Waals surface area contributed by atoms with Gasteiger partial charge in [-0.25, -0.2) is 0 Å². The number of hydrogen-bond donors (Lipinski definition) is 3. The fraction of sp³-hybridized carbons (Fsp3) is 0.842. The molecule has 1 aliphatic carbocycles. The number of hydrogen-bond acceptors (Lipinski definition) is 3. The number of carboxylic acids is 1. The summed E-state index contributed by atoms with van der Waals surface area (Å²) >= 11 is 0. The molecule has 6 heteroatoms. The van der Waals surface area contributed by atoms with Gasteiger partial charge in [-0.1, -0.05) is 41.0 Å². The number of carboxylic acid groups (broad SMARTS) is 1. The van der Waals surface area contributed by atoms with Crippen molar-refractivity contribution in [2.75, 3.05) is 7.05 Å². The largest absolute Gasteiger partial charge is 0.481 e. The minimum atomic E-state index is -0.905. The molecular formula is C19H34N2O4. The lowest BCUT2D eigenvalue weighted by atomic mass is 9.68. The molecule has 0 bridgehead atoms. The van der Waals surface area contributed by atoms with Crippen LogP contribution in [-0.2, 0) is 14.4 Å². The monoisotopic (exact) mass is 354 g/mol. The minimum absolute atomic E-state index is 0.0556. The van der Waals surface area contributed by atoms with Gasteiger partial charge in [0.05, 0.1) is 11.8 Å². The molecule has 1 saturated carbocycles. The molecule has 1 fully saturated rings. The Hall–Kier alpha value is -1.59. The topological polar surface area (TPSA) is 95.5 Å². The van der Waals surface area contributed by atoms with Gasteiger partial charge in [0, 0.05) is 7.05 Å². The molecule has 144 valence electrons. The number of aliphatic carboxylic acids is 1. The Morgan fingerprint density at radius 3 is 2.00 bits per heavy atom. The van der Waals surface area contributed by atoms with Crippen molar-refractivity contribution in [3.8, 4) is 0 Å². The molecule has 2 amide bonds. The number of carbonyl (C=O) groups excluding carboxylic acids is 2. The van der Waals surface area contributed by atoms with E-state index in [0.29, 0.717) is 6.42 Å². The van der Waals surface area contributed by atoms with E-state index in [-0.39, 0.29) is 23.7 Å². The molecule has 25 heavy (non-hydrogen) atoms. The third-order valence-corrected chi connectivity index (χ3v) is 5.10. The van der Waals surface area contributed by atoms with Gasteiger partial charge in [-0.15, -0.1) is 0 Å². The first-order valence-electron chi connectivity index (χ1n) is 9.23. The quantitative estimate of drug-likeness (QED) is 0.624. The first-order valence-corrected chi connectivity index (χ1v) is 9.23. The molecule has 0 saturated heterocycles. The molecule has 0 aromatic carbocycles. The predicted molar refractivity (Wildman–Crippen MR) is 96.9 cm³/mol. The summed E-state index contributed by atoms with van der Waals surface area (Å²) in [5.41, 5.74) is -0.465. The highest BCUT2D eigenvalue weighted by Gasteiger charge is 2.43. The molecule has 0 spiro atoms. The molecule has 0 radical (unpaired) electrons. The van der Waals surface area contributed by atoms with Crippen LogP contribution in [0, 0.1) is 29.1 Å². The minimum Gasteiger partial charge on any atom is -0.481 e. The van der Waals surface area contributed by atoms with E-state index in [0.717, 1.165) is 19.3 Å². The van der Waals surface area contributed by atoms with E-state index in [4.69, 9.17) is 0 Å². The lowest BCUT2D eigenvalue weighted by molar-refractivity contribution is -0.152. The number of nitrogens with one attached hydrogen (secondary N) is 2. The van der Waals surface area contributed by atoms with Crippen LogP contribution in [0.4, 0.5) is 0 Å². The second-order valence-electron chi connectivity index (χ2n) is 8.71. The maximum absolute atomic E-state index is 13.0. The fourth-order valence-corrected chi connectivity index (χ4v) is 3.49. The maximum Gasteiger partial charge on any atom is 0.307 e. The van der Waals surface area contributed by atoms with Crippen molar-refractivity contribution < 1.29 is 19.5 Å². The molecule has 0 aliphatic heterocycles. The van der Waals surface area contributed by atoms with Gasteiger partial charge in [0.2, 0.25) is 11.8 Å². The molecule has 0 aromatic heterocycles. The van der Waals surface area contributed by atoms with Gasteiger partial charge in [-0.05, 0) is 36.5 Å². The summed E-state index contributed by atoms with van der Waals surface area (Å²) in [6.45, 7) is 9.61. The number of rotatable bonds is 8. The summed E-state index contributed by atoms with van der Waals surface area (Å²) in [5.74, 6) is -2.53. The van der Waals surface area contributed by atoms with Crippen LogP contribution < -0.4 is 10.6 Å². The fourth-order valence-electron chi connectivity index (χ4n) is 3.49. The first-order chi connectivity index (χ1) is 11.5. The Bertz CT molecular complexity index is 492. The van der Waals surface area contributed by atoms with Crippen molar-refractivity contribution in [2.24, 2.45) is 29.1 Å². The van der Waals surface area contributed by atoms with Crippen molar-refractivity contribution in [1.82, 2.24) is 10.6 Å². The molecule has 0 heterocycles. The summed E-state index contributed by atoms with van der Waals surface area (Å²) in [5, 5.41) is 15.2. The van der Waals surface area contributed by atoms with Gasteiger partial charge in [0.1, 0.15) is 6.04 Å². The second kappa shape index (κ2) is 8.68. The number of carbonyl (C=O) groups is 3. The number of likely N-dealkylation sites (N-methyl/N-ethyl adjacent to an activating group) is 1. The van der Waals surface area contributed by atoms with Gasteiger partial charge in [-0.3, -0.25) is 14.4 Å². The van der Waals surface area contributed by atoms with Crippen molar-refractivity contribution in [2.45, 2.75) is 66.3 Å². The average molecular weight is 354 g/mol. The highest BCUT2D eigenvalue weighted by Crippen LogP contribution is 2.39. The summed E-state index contributed by atoms with van der Waals surface area (Å²) in [6.07, 6.45) is 3.24. The van der Waals surface area contributed by atoms with Crippen LogP contribution in [0.1, 0.15) is 60.3 Å². The maximum atomic E-state index is 13.0. The third kappa shape index (κ3) is 5.72. The highest BCUT2D eigenvalue weighted by molar-refractivity contribution is 5.91. The molecule has 0 aromatic rings. The van der Waals surface area contributed by atoms with Crippen LogP contribution in [0.15, 0.2) is 0 Å². The van der Waals surface area contributed by atoms with Gasteiger partial charge < -0.3 is 15.7 Å². The van der Waals surface area contributed by atoms with Crippen LogP contribution in [0.3, 0.4) is 0 Å². The Labute approximate surface area is 151 Å². The van der Waals surface area contributed by atoms with Crippen molar-refractivity contribution in [1.29, 1.82) is 0 Å². The molecular weight excluding hydrogens is 320 g/mol. The normalized spacial score (nSPS) is 18.8. The number of amides is 2. The molecule has 1 aliphatic rings. The summed E-state index contributed by atoms with van der Waals surface area (Å²) in [4.78, 5) is 37.1. The molecule has 6 nitrogen and oxygen atoms in total. The van der Waals surface area contributed by atoms with Gasteiger partial charge in [0.25, 0.3) is 0 Å². The van der Waals surface area contributed by atoms with Crippen molar-refractivity contribution in [3.05, 3.63) is 0 Å². The predicted octanol–water partition coefficient (Wildman–Crippen LogP) is 2.43.